The maximum Gasteiger partial charge on any atom is 0.0738 e. The summed E-state index contributed by atoms with van der Waals surface area (Å²) in [6.07, 6.45) is 0.986. The van der Waals surface area contributed by atoms with E-state index in [1.165, 1.54) is 11.3 Å². The molecule has 1 N–H and O–H groups in total. The van der Waals surface area contributed by atoms with Crippen molar-refractivity contribution in [3.8, 4) is 0 Å². The van der Waals surface area contributed by atoms with Crippen LogP contribution in [0.2, 0.25) is 0 Å². The van der Waals surface area contributed by atoms with Gasteiger partial charge in [-0.2, -0.15) is 5.10 Å². The van der Waals surface area contributed by atoms with Gasteiger partial charge in [0, 0.05) is 19.0 Å². The molecule has 0 bridgehead atoms. The zero-order valence-corrected chi connectivity index (χ0v) is 13.9. The number of hydrogen-bond donors (Lipinski definition) is 1. The van der Waals surface area contributed by atoms with Gasteiger partial charge in [-0.1, -0.05) is 30.3 Å². The van der Waals surface area contributed by atoms with Crippen LogP contribution in [0.3, 0.4) is 0 Å². The van der Waals surface area contributed by atoms with E-state index in [4.69, 9.17) is 0 Å². The average molecular weight is 336 g/mol. The number of halogens is 1. The highest BCUT2D eigenvalue weighted by Gasteiger charge is 2.18. The third kappa shape index (κ3) is 3.30. The predicted molar refractivity (Wildman–Crippen MR) is 87.2 cm³/mol. The van der Waals surface area contributed by atoms with E-state index in [1.807, 2.05) is 7.05 Å². The first kappa shape index (κ1) is 15.3. The van der Waals surface area contributed by atoms with E-state index < -0.39 is 0 Å². The molecular formula is C16H22BrN3. The van der Waals surface area contributed by atoms with Crippen LogP contribution >= 0.6 is 15.9 Å². The Labute approximate surface area is 129 Å². The van der Waals surface area contributed by atoms with Gasteiger partial charge >= 0.3 is 0 Å². The van der Waals surface area contributed by atoms with Crippen LogP contribution in [0.25, 0.3) is 0 Å². The van der Waals surface area contributed by atoms with Crippen molar-refractivity contribution in [1.29, 1.82) is 0 Å². The van der Waals surface area contributed by atoms with Crippen molar-refractivity contribution in [3.63, 3.8) is 0 Å². The summed E-state index contributed by atoms with van der Waals surface area (Å²) in [7, 11) is 2.01. The molecule has 0 aliphatic carbocycles. The van der Waals surface area contributed by atoms with Crippen LogP contribution in [0.4, 0.5) is 0 Å². The number of hydrogen-bond acceptors (Lipinski definition) is 2. The van der Waals surface area contributed by atoms with Crippen molar-refractivity contribution in [1.82, 2.24) is 15.1 Å². The molecule has 1 aromatic heterocycles. The zero-order valence-electron chi connectivity index (χ0n) is 12.4. The lowest BCUT2D eigenvalue weighted by molar-refractivity contribution is 0.562. The number of aromatic nitrogens is 2. The normalized spacial score (nSPS) is 12.6. The fraction of sp³-hybridized carbons (Fsp3) is 0.438. The van der Waals surface area contributed by atoms with E-state index in [0.29, 0.717) is 5.92 Å². The second-order valence-corrected chi connectivity index (χ2v) is 5.82. The Hall–Kier alpha value is -1.13. The van der Waals surface area contributed by atoms with Crippen molar-refractivity contribution in [3.05, 3.63) is 51.8 Å². The Bertz CT molecular complexity index is 548. The van der Waals surface area contributed by atoms with E-state index in [0.717, 1.165) is 29.7 Å². The highest BCUT2D eigenvalue weighted by Crippen LogP contribution is 2.27. The second-order valence-electron chi connectivity index (χ2n) is 5.03. The number of nitrogens with one attached hydrogen (secondary N) is 1. The number of aryl methyl sites for hydroxylation is 2. The first-order valence-electron chi connectivity index (χ1n) is 7.08. The lowest BCUT2D eigenvalue weighted by Crippen LogP contribution is -2.20. The number of nitrogens with zero attached hydrogens (tertiary/aromatic N) is 2. The molecule has 0 fully saturated rings. The van der Waals surface area contributed by atoms with Gasteiger partial charge in [-0.05, 0) is 48.8 Å². The van der Waals surface area contributed by atoms with E-state index in [2.05, 4.69) is 75.2 Å². The summed E-state index contributed by atoms with van der Waals surface area (Å²) in [5.74, 6) is 0.457. The van der Waals surface area contributed by atoms with Crippen LogP contribution in [0.15, 0.2) is 34.8 Å². The molecule has 0 amide bonds. The van der Waals surface area contributed by atoms with Crippen molar-refractivity contribution < 1.29 is 0 Å². The van der Waals surface area contributed by atoms with Gasteiger partial charge in [0.15, 0.2) is 0 Å². The largest absolute Gasteiger partial charge is 0.319 e. The average Bonchev–Trinajstić information content (AvgIpc) is 2.75. The summed E-state index contributed by atoms with van der Waals surface area (Å²) in [6, 6.07) is 10.7. The van der Waals surface area contributed by atoms with Crippen LogP contribution in [0, 0.1) is 6.92 Å². The van der Waals surface area contributed by atoms with E-state index in [-0.39, 0.29) is 0 Å². The molecule has 0 aliphatic rings. The monoisotopic (exact) mass is 335 g/mol. The molecule has 0 saturated heterocycles. The van der Waals surface area contributed by atoms with E-state index in [1.54, 1.807) is 0 Å². The lowest BCUT2D eigenvalue weighted by atomic mass is 9.94. The molecule has 3 nitrogen and oxygen atoms in total. The standard InChI is InChI=1S/C16H22BrN3/c1-4-20-15(16(17)12(2)19-20)10-14(11-18-3)13-8-6-5-7-9-13/h5-9,14,18H,4,10-11H2,1-3H3. The van der Waals surface area contributed by atoms with Gasteiger partial charge in [-0.25, -0.2) is 0 Å². The van der Waals surface area contributed by atoms with Gasteiger partial charge in [0.1, 0.15) is 0 Å². The van der Waals surface area contributed by atoms with Crippen LogP contribution in [-0.2, 0) is 13.0 Å². The quantitative estimate of drug-likeness (QED) is 0.875. The number of benzene rings is 1. The smallest absolute Gasteiger partial charge is 0.0738 e. The minimum absolute atomic E-state index is 0.457. The molecule has 0 spiro atoms. The van der Waals surface area contributed by atoms with Gasteiger partial charge in [-0.15, -0.1) is 0 Å². The Morgan fingerprint density at radius 3 is 2.60 bits per heavy atom. The Kier molecular flexibility index (Phi) is 5.38. The minimum Gasteiger partial charge on any atom is -0.319 e. The molecule has 1 aromatic carbocycles. The molecule has 2 rings (SSSR count). The second kappa shape index (κ2) is 7.04. The van der Waals surface area contributed by atoms with Crippen molar-refractivity contribution >= 4 is 15.9 Å². The van der Waals surface area contributed by atoms with Crippen LogP contribution in [0.1, 0.15) is 29.8 Å². The highest BCUT2D eigenvalue weighted by molar-refractivity contribution is 9.10. The molecule has 0 saturated carbocycles. The molecule has 1 atom stereocenters. The van der Waals surface area contributed by atoms with Crippen LogP contribution < -0.4 is 5.32 Å². The summed E-state index contributed by atoms with van der Waals surface area (Å²) in [5.41, 5.74) is 3.72. The molecular weight excluding hydrogens is 314 g/mol. The first-order chi connectivity index (χ1) is 9.67. The van der Waals surface area contributed by atoms with Crippen molar-refractivity contribution in [2.24, 2.45) is 0 Å². The summed E-state index contributed by atoms with van der Waals surface area (Å²) in [6.45, 7) is 6.06. The summed E-state index contributed by atoms with van der Waals surface area (Å²) < 4.78 is 3.25. The Balaban J connectivity index is 2.29. The third-order valence-electron chi connectivity index (χ3n) is 3.61. The van der Waals surface area contributed by atoms with Gasteiger partial charge in [0.25, 0.3) is 0 Å². The molecule has 2 aromatic rings. The van der Waals surface area contributed by atoms with Crippen molar-refractivity contribution in [2.75, 3.05) is 13.6 Å². The maximum atomic E-state index is 4.58. The molecule has 1 heterocycles. The molecule has 20 heavy (non-hydrogen) atoms. The fourth-order valence-corrected chi connectivity index (χ4v) is 3.02. The van der Waals surface area contributed by atoms with Gasteiger partial charge in [-0.3, -0.25) is 4.68 Å². The van der Waals surface area contributed by atoms with Gasteiger partial charge in [0.2, 0.25) is 0 Å². The van der Waals surface area contributed by atoms with Gasteiger partial charge in [0.05, 0.1) is 15.9 Å². The number of rotatable bonds is 6. The van der Waals surface area contributed by atoms with Crippen LogP contribution in [-0.4, -0.2) is 23.4 Å². The minimum atomic E-state index is 0.457. The zero-order chi connectivity index (χ0) is 14.5. The summed E-state index contributed by atoms with van der Waals surface area (Å²) in [4.78, 5) is 0. The number of likely N-dealkylation sites (N-methyl/N-ethyl adjacent to an activating group) is 1. The van der Waals surface area contributed by atoms with Crippen molar-refractivity contribution in [2.45, 2.75) is 32.7 Å². The van der Waals surface area contributed by atoms with Gasteiger partial charge < -0.3 is 5.32 Å². The lowest BCUT2D eigenvalue weighted by Gasteiger charge is -2.18. The highest BCUT2D eigenvalue weighted by atomic mass is 79.9. The molecule has 4 heteroatoms. The third-order valence-corrected chi connectivity index (χ3v) is 4.65. The molecule has 0 aliphatic heterocycles. The maximum absolute atomic E-state index is 4.58. The predicted octanol–water partition coefficient (Wildman–Crippen LogP) is 3.52. The Morgan fingerprint density at radius 2 is 2.00 bits per heavy atom. The van der Waals surface area contributed by atoms with Crippen LogP contribution in [0.5, 0.6) is 0 Å². The fourth-order valence-electron chi connectivity index (χ4n) is 2.58. The SMILES string of the molecule is CCn1nc(C)c(Br)c1CC(CNC)c1ccccc1. The summed E-state index contributed by atoms with van der Waals surface area (Å²) >= 11 is 3.69. The summed E-state index contributed by atoms with van der Waals surface area (Å²) in [5, 5.41) is 7.89. The molecule has 0 radical (unpaired) electrons. The Morgan fingerprint density at radius 1 is 1.30 bits per heavy atom. The topological polar surface area (TPSA) is 29.9 Å². The first-order valence-corrected chi connectivity index (χ1v) is 7.88. The van der Waals surface area contributed by atoms with E-state index in [9.17, 15) is 0 Å². The van der Waals surface area contributed by atoms with E-state index >= 15 is 0 Å². The molecule has 108 valence electrons. The molecule has 1 unspecified atom stereocenters.